The Morgan fingerprint density at radius 1 is 0.933 bits per heavy atom. The number of morpholine rings is 1. The number of benzene rings is 2. The van der Waals surface area contributed by atoms with Gasteiger partial charge in [-0.3, -0.25) is 0 Å². The predicted octanol–water partition coefficient (Wildman–Crippen LogP) is 4.88. The van der Waals surface area contributed by atoms with Crippen LogP contribution in [0.1, 0.15) is 4.88 Å². The zero-order valence-electron chi connectivity index (χ0n) is 16.5. The van der Waals surface area contributed by atoms with E-state index in [1.54, 1.807) is 11.3 Å². The third-order valence-electron chi connectivity index (χ3n) is 5.11. The van der Waals surface area contributed by atoms with E-state index >= 15 is 0 Å². The van der Waals surface area contributed by atoms with E-state index in [9.17, 15) is 0 Å². The number of nitrogens with zero attached hydrogens (tertiary/aromatic N) is 3. The summed E-state index contributed by atoms with van der Waals surface area (Å²) in [6.45, 7) is 4.17. The van der Waals surface area contributed by atoms with Crippen LogP contribution in [0, 0.1) is 0 Å². The standard InChI is InChI=1S/C23H23N5OS/c1-2-6-21-20(5-1)22(24-16-19-4-3-15-30-19)27-23(26-21)25-17-7-9-18(10-8-17)28-11-13-29-14-12-28/h1-10,15H,11-14,16H2,(H2,24,25,26,27). The first-order valence-corrected chi connectivity index (χ1v) is 11.0. The molecule has 1 saturated heterocycles. The summed E-state index contributed by atoms with van der Waals surface area (Å²) >= 11 is 1.73. The third-order valence-corrected chi connectivity index (χ3v) is 5.99. The lowest BCUT2D eigenvalue weighted by Crippen LogP contribution is -2.36. The monoisotopic (exact) mass is 417 g/mol. The molecule has 0 amide bonds. The Morgan fingerprint density at radius 2 is 1.77 bits per heavy atom. The van der Waals surface area contributed by atoms with E-state index in [-0.39, 0.29) is 0 Å². The fraction of sp³-hybridized carbons (Fsp3) is 0.217. The fourth-order valence-corrected chi connectivity index (χ4v) is 4.20. The first kappa shape index (κ1) is 18.8. The van der Waals surface area contributed by atoms with Gasteiger partial charge in [-0.15, -0.1) is 11.3 Å². The molecule has 0 spiro atoms. The topological polar surface area (TPSA) is 62.3 Å². The predicted molar refractivity (Wildman–Crippen MR) is 124 cm³/mol. The Kier molecular flexibility index (Phi) is 5.46. The maximum atomic E-state index is 5.44. The number of aromatic nitrogens is 2. The molecule has 0 saturated carbocycles. The van der Waals surface area contributed by atoms with Crippen molar-refractivity contribution in [1.29, 1.82) is 0 Å². The van der Waals surface area contributed by atoms with Crippen molar-refractivity contribution in [2.45, 2.75) is 6.54 Å². The van der Waals surface area contributed by atoms with E-state index in [1.165, 1.54) is 10.6 Å². The number of hydrogen-bond donors (Lipinski definition) is 2. The molecule has 1 aliphatic rings. The smallest absolute Gasteiger partial charge is 0.229 e. The second-order valence-electron chi connectivity index (χ2n) is 7.12. The minimum Gasteiger partial charge on any atom is -0.378 e. The average Bonchev–Trinajstić information content (AvgIpc) is 3.32. The van der Waals surface area contributed by atoms with Crippen LogP contribution in [0.4, 0.5) is 23.1 Å². The molecule has 0 bridgehead atoms. The minimum absolute atomic E-state index is 0.585. The quantitative estimate of drug-likeness (QED) is 0.466. The van der Waals surface area contributed by atoms with Crippen LogP contribution < -0.4 is 15.5 Å². The van der Waals surface area contributed by atoms with Crippen molar-refractivity contribution in [1.82, 2.24) is 9.97 Å². The molecule has 30 heavy (non-hydrogen) atoms. The van der Waals surface area contributed by atoms with Gasteiger partial charge >= 0.3 is 0 Å². The van der Waals surface area contributed by atoms with E-state index in [2.05, 4.69) is 57.3 Å². The number of hydrogen-bond acceptors (Lipinski definition) is 7. The van der Waals surface area contributed by atoms with Gasteiger partial charge in [0.05, 0.1) is 25.3 Å². The normalized spacial score (nSPS) is 14.1. The molecule has 0 aliphatic carbocycles. The first-order valence-electron chi connectivity index (χ1n) is 10.1. The van der Waals surface area contributed by atoms with Crippen LogP contribution in [-0.4, -0.2) is 36.3 Å². The van der Waals surface area contributed by atoms with Crippen molar-refractivity contribution in [3.05, 3.63) is 70.9 Å². The summed E-state index contributed by atoms with van der Waals surface area (Å²) in [6, 6.07) is 20.7. The van der Waals surface area contributed by atoms with Gasteiger partial charge in [0.25, 0.3) is 0 Å². The van der Waals surface area contributed by atoms with Crippen LogP contribution in [0.2, 0.25) is 0 Å². The maximum Gasteiger partial charge on any atom is 0.229 e. The molecule has 1 aliphatic heterocycles. The summed E-state index contributed by atoms with van der Waals surface area (Å²) in [7, 11) is 0. The molecule has 0 radical (unpaired) electrons. The summed E-state index contributed by atoms with van der Waals surface area (Å²) in [4.78, 5) is 13.1. The highest BCUT2D eigenvalue weighted by molar-refractivity contribution is 7.09. The first-order chi connectivity index (χ1) is 14.8. The zero-order chi connectivity index (χ0) is 20.2. The van der Waals surface area contributed by atoms with Gasteiger partial charge in [-0.05, 0) is 47.8 Å². The van der Waals surface area contributed by atoms with Crippen LogP contribution in [0.5, 0.6) is 0 Å². The van der Waals surface area contributed by atoms with Gasteiger partial charge in [-0.25, -0.2) is 4.98 Å². The van der Waals surface area contributed by atoms with Crippen LogP contribution in [0.15, 0.2) is 66.0 Å². The highest BCUT2D eigenvalue weighted by Crippen LogP contribution is 2.26. The Balaban J connectivity index is 1.37. The van der Waals surface area contributed by atoms with Crippen LogP contribution >= 0.6 is 11.3 Å². The number of ether oxygens (including phenoxy) is 1. The number of anilines is 4. The van der Waals surface area contributed by atoms with Crippen molar-refractivity contribution in [2.75, 3.05) is 41.8 Å². The SMILES string of the molecule is c1csc(CNc2nc(Nc3ccc(N4CCOCC4)cc3)nc3ccccc23)c1. The molecular formula is C23H23N5OS. The number of nitrogens with one attached hydrogen (secondary N) is 2. The van der Waals surface area contributed by atoms with E-state index < -0.39 is 0 Å². The molecule has 7 heteroatoms. The summed E-state index contributed by atoms with van der Waals surface area (Å²) in [5.41, 5.74) is 3.08. The molecular weight excluding hydrogens is 394 g/mol. The van der Waals surface area contributed by atoms with Crippen molar-refractivity contribution >= 4 is 45.4 Å². The second-order valence-corrected chi connectivity index (χ2v) is 8.15. The summed E-state index contributed by atoms with van der Waals surface area (Å²) in [6.07, 6.45) is 0. The molecule has 2 aromatic heterocycles. The maximum absolute atomic E-state index is 5.44. The Labute approximate surface area is 179 Å². The van der Waals surface area contributed by atoms with Crippen molar-refractivity contribution in [3.63, 3.8) is 0 Å². The van der Waals surface area contributed by atoms with E-state index in [0.29, 0.717) is 5.95 Å². The van der Waals surface area contributed by atoms with Gasteiger partial charge in [0.2, 0.25) is 5.95 Å². The molecule has 1 fully saturated rings. The number of para-hydroxylation sites is 1. The van der Waals surface area contributed by atoms with Crippen molar-refractivity contribution in [2.24, 2.45) is 0 Å². The van der Waals surface area contributed by atoms with Gasteiger partial charge in [-0.1, -0.05) is 18.2 Å². The van der Waals surface area contributed by atoms with Gasteiger partial charge in [0, 0.05) is 34.7 Å². The molecule has 0 atom stereocenters. The Hall–Kier alpha value is -3.16. The number of rotatable bonds is 6. The molecule has 2 aromatic carbocycles. The Bertz CT molecular complexity index is 1110. The minimum atomic E-state index is 0.585. The lowest BCUT2D eigenvalue weighted by atomic mass is 10.2. The summed E-state index contributed by atoms with van der Waals surface area (Å²) < 4.78 is 5.44. The third kappa shape index (κ3) is 4.22. The van der Waals surface area contributed by atoms with Gasteiger partial charge in [0.15, 0.2) is 0 Å². The second kappa shape index (κ2) is 8.69. The van der Waals surface area contributed by atoms with E-state index in [1.807, 2.05) is 24.3 Å². The van der Waals surface area contributed by atoms with Crippen molar-refractivity contribution < 1.29 is 4.74 Å². The molecule has 4 aromatic rings. The van der Waals surface area contributed by atoms with E-state index in [0.717, 1.165) is 55.3 Å². The summed E-state index contributed by atoms with van der Waals surface area (Å²) in [5.74, 6) is 1.42. The molecule has 2 N–H and O–H groups in total. The fourth-order valence-electron chi connectivity index (χ4n) is 3.56. The van der Waals surface area contributed by atoms with Crippen LogP contribution in [0.25, 0.3) is 10.9 Å². The number of fused-ring (bicyclic) bond motifs is 1. The molecule has 6 nitrogen and oxygen atoms in total. The highest BCUT2D eigenvalue weighted by Gasteiger charge is 2.12. The lowest BCUT2D eigenvalue weighted by molar-refractivity contribution is 0.122. The molecule has 152 valence electrons. The highest BCUT2D eigenvalue weighted by atomic mass is 32.1. The molecule has 5 rings (SSSR count). The molecule has 3 heterocycles. The lowest BCUT2D eigenvalue weighted by Gasteiger charge is -2.28. The van der Waals surface area contributed by atoms with Crippen LogP contribution in [-0.2, 0) is 11.3 Å². The van der Waals surface area contributed by atoms with Gasteiger partial charge in [-0.2, -0.15) is 4.98 Å². The van der Waals surface area contributed by atoms with Gasteiger partial charge in [0.1, 0.15) is 5.82 Å². The van der Waals surface area contributed by atoms with Crippen molar-refractivity contribution in [3.8, 4) is 0 Å². The largest absolute Gasteiger partial charge is 0.378 e. The average molecular weight is 418 g/mol. The molecule has 0 unspecified atom stereocenters. The van der Waals surface area contributed by atoms with Crippen LogP contribution in [0.3, 0.4) is 0 Å². The zero-order valence-corrected chi connectivity index (χ0v) is 17.4. The number of thiophene rings is 1. The Morgan fingerprint density at radius 3 is 2.57 bits per heavy atom. The van der Waals surface area contributed by atoms with E-state index in [4.69, 9.17) is 14.7 Å². The summed E-state index contributed by atoms with van der Waals surface area (Å²) in [5, 5.41) is 9.93. The van der Waals surface area contributed by atoms with Gasteiger partial charge < -0.3 is 20.3 Å².